The standard InChI is InChI=1S/C20H20ClN3O2/c1-24-12-11-22-19(24)14-26-18-7-5-16(6-8-18)20(25)23-10-9-15-3-2-4-17(21)13-15/h2-8,11-13H,9-10,14H2,1H3,(H,23,25). The predicted molar refractivity (Wildman–Crippen MR) is 101 cm³/mol. The molecule has 0 fully saturated rings. The number of rotatable bonds is 7. The van der Waals surface area contributed by atoms with Gasteiger partial charge in [0.05, 0.1) is 0 Å². The zero-order chi connectivity index (χ0) is 18.4. The van der Waals surface area contributed by atoms with E-state index < -0.39 is 0 Å². The summed E-state index contributed by atoms with van der Waals surface area (Å²) in [6.45, 7) is 0.936. The van der Waals surface area contributed by atoms with Crippen LogP contribution in [0.4, 0.5) is 0 Å². The summed E-state index contributed by atoms with van der Waals surface area (Å²) in [4.78, 5) is 16.4. The molecule has 3 rings (SSSR count). The molecular formula is C20H20ClN3O2. The van der Waals surface area contributed by atoms with Crippen LogP contribution in [-0.2, 0) is 20.1 Å². The number of nitrogens with zero attached hydrogens (tertiary/aromatic N) is 2. The Morgan fingerprint density at radius 3 is 2.73 bits per heavy atom. The van der Waals surface area contributed by atoms with Gasteiger partial charge in [-0.2, -0.15) is 0 Å². The molecule has 1 N–H and O–H groups in total. The molecule has 0 spiro atoms. The number of halogens is 1. The molecule has 134 valence electrons. The first-order valence-electron chi connectivity index (χ1n) is 8.33. The number of imidazole rings is 1. The maximum atomic E-state index is 12.2. The van der Waals surface area contributed by atoms with E-state index in [-0.39, 0.29) is 5.91 Å². The molecule has 0 unspecified atom stereocenters. The minimum Gasteiger partial charge on any atom is -0.486 e. The highest BCUT2D eigenvalue weighted by molar-refractivity contribution is 6.30. The maximum absolute atomic E-state index is 12.2. The van der Waals surface area contributed by atoms with Gasteiger partial charge in [-0.1, -0.05) is 23.7 Å². The normalized spacial score (nSPS) is 10.5. The van der Waals surface area contributed by atoms with Crippen LogP contribution < -0.4 is 10.1 Å². The molecule has 6 heteroatoms. The summed E-state index contributed by atoms with van der Waals surface area (Å²) in [5.74, 6) is 1.43. The van der Waals surface area contributed by atoms with E-state index in [1.165, 1.54) is 0 Å². The third-order valence-corrected chi connectivity index (χ3v) is 4.23. The summed E-state index contributed by atoms with van der Waals surface area (Å²) >= 11 is 5.96. The van der Waals surface area contributed by atoms with Crippen molar-refractivity contribution >= 4 is 17.5 Å². The van der Waals surface area contributed by atoms with E-state index in [1.54, 1.807) is 30.5 Å². The van der Waals surface area contributed by atoms with Gasteiger partial charge < -0.3 is 14.6 Å². The lowest BCUT2D eigenvalue weighted by Gasteiger charge is -2.08. The van der Waals surface area contributed by atoms with E-state index >= 15 is 0 Å². The van der Waals surface area contributed by atoms with Crippen LogP contribution in [0, 0.1) is 0 Å². The number of nitrogens with one attached hydrogen (secondary N) is 1. The van der Waals surface area contributed by atoms with Crippen LogP contribution in [0.25, 0.3) is 0 Å². The summed E-state index contributed by atoms with van der Waals surface area (Å²) in [5, 5.41) is 3.62. The fourth-order valence-electron chi connectivity index (χ4n) is 2.50. The number of carbonyl (C=O) groups excluding carboxylic acids is 1. The van der Waals surface area contributed by atoms with Crippen molar-refractivity contribution in [3.63, 3.8) is 0 Å². The first-order valence-corrected chi connectivity index (χ1v) is 8.71. The van der Waals surface area contributed by atoms with Crippen molar-refractivity contribution in [2.45, 2.75) is 13.0 Å². The number of amides is 1. The van der Waals surface area contributed by atoms with E-state index in [0.717, 1.165) is 17.8 Å². The van der Waals surface area contributed by atoms with Gasteiger partial charge in [-0.3, -0.25) is 4.79 Å². The van der Waals surface area contributed by atoms with E-state index in [1.807, 2.05) is 42.1 Å². The van der Waals surface area contributed by atoms with Gasteiger partial charge in [0.1, 0.15) is 18.2 Å². The van der Waals surface area contributed by atoms with Crippen LogP contribution in [0.5, 0.6) is 5.75 Å². The molecule has 1 amide bonds. The summed E-state index contributed by atoms with van der Waals surface area (Å²) < 4.78 is 7.59. The smallest absolute Gasteiger partial charge is 0.251 e. The quantitative estimate of drug-likeness (QED) is 0.692. The number of hydrogen-bond acceptors (Lipinski definition) is 3. The molecule has 5 nitrogen and oxygen atoms in total. The molecule has 3 aromatic rings. The van der Waals surface area contributed by atoms with Crippen LogP contribution in [0.2, 0.25) is 5.02 Å². The number of benzene rings is 2. The van der Waals surface area contributed by atoms with E-state index in [4.69, 9.17) is 16.3 Å². The van der Waals surface area contributed by atoms with Crippen LogP contribution in [0.15, 0.2) is 60.9 Å². The van der Waals surface area contributed by atoms with Gasteiger partial charge in [0.15, 0.2) is 0 Å². The van der Waals surface area contributed by atoms with Crippen LogP contribution in [0.3, 0.4) is 0 Å². The molecular weight excluding hydrogens is 350 g/mol. The van der Waals surface area contributed by atoms with Crippen molar-refractivity contribution in [2.24, 2.45) is 7.05 Å². The maximum Gasteiger partial charge on any atom is 0.251 e. The van der Waals surface area contributed by atoms with Gasteiger partial charge in [-0.15, -0.1) is 0 Å². The van der Waals surface area contributed by atoms with Crippen molar-refractivity contribution in [1.82, 2.24) is 14.9 Å². The zero-order valence-corrected chi connectivity index (χ0v) is 15.2. The number of carbonyl (C=O) groups is 1. The minimum atomic E-state index is -0.109. The Balaban J connectivity index is 1.48. The van der Waals surface area contributed by atoms with Gasteiger partial charge in [0, 0.05) is 36.6 Å². The zero-order valence-electron chi connectivity index (χ0n) is 14.5. The van der Waals surface area contributed by atoms with Gasteiger partial charge in [0.25, 0.3) is 5.91 Å². The van der Waals surface area contributed by atoms with Gasteiger partial charge in [-0.25, -0.2) is 4.98 Å². The second-order valence-corrected chi connectivity index (χ2v) is 6.34. The molecule has 1 heterocycles. The summed E-state index contributed by atoms with van der Waals surface area (Å²) in [6.07, 6.45) is 4.34. The Morgan fingerprint density at radius 1 is 1.23 bits per heavy atom. The molecule has 0 atom stereocenters. The topological polar surface area (TPSA) is 56.2 Å². The van der Waals surface area contributed by atoms with E-state index in [0.29, 0.717) is 29.5 Å². The Bertz CT molecular complexity index is 875. The first-order chi connectivity index (χ1) is 12.6. The van der Waals surface area contributed by atoms with Crippen molar-refractivity contribution in [3.8, 4) is 5.75 Å². The van der Waals surface area contributed by atoms with Crippen molar-refractivity contribution in [3.05, 3.63) is 82.9 Å². The second-order valence-electron chi connectivity index (χ2n) is 5.90. The molecule has 0 aliphatic heterocycles. The largest absolute Gasteiger partial charge is 0.486 e. The highest BCUT2D eigenvalue weighted by Crippen LogP contribution is 2.14. The van der Waals surface area contributed by atoms with E-state index in [2.05, 4.69) is 10.3 Å². The number of ether oxygens (including phenoxy) is 1. The lowest BCUT2D eigenvalue weighted by atomic mass is 10.1. The molecule has 0 bridgehead atoms. The summed E-state index contributed by atoms with van der Waals surface area (Å²) in [7, 11) is 1.92. The van der Waals surface area contributed by atoms with Crippen LogP contribution >= 0.6 is 11.6 Å². The van der Waals surface area contributed by atoms with Gasteiger partial charge in [0.2, 0.25) is 0 Å². The lowest BCUT2D eigenvalue weighted by molar-refractivity contribution is 0.0954. The highest BCUT2D eigenvalue weighted by atomic mass is 35.5. The Kier molecular flexibility index (Phi) is 5.92. The average molecular weight is 370 g/mol. The van der Waals surface area contributed by atoms with Gasteiger partial charge >= 0.3 is 0 Å². The first kappa shape index (κ1) is 18.0. The Hall–Kier alpha value is -2.79. The van der Waals surface area contributed by atoms with Crippen LogP contribution in [0.1, 0.15) is 21.7 Å². The molecule has 26 heavy (non-hydrogen) atoms. The fraction of sp³-hybridized carbons (Fsp3) is 0.200. The molecule has 0 saturated heterocycles. The third-order valence-electron chi connectivity index (χ3n) is 3.99. The number of hydrogen-bond donors (Lipinski definition) is 1. The SMILES string of the molecule is Cn1ccnc1COc1ccc(C(=O)NCCc2cccc(Cl)c2)cc1. The molecule has 1 aromatic heterocycles. The van der Waals surface area contributed by atoms with Gasteiger partial charge in [-0.05, 0) is 48.4 Å². The minimum absolute atomic E-state index is 0.109. The fourth-order valence-corrected chi connectivity index (χ4v) is 2.71. The van der Waals surface area contributed by atoms with Crippen molar-refractivity contribution in [1.29, 1.82) is 0 Å². The van der Waals surface area contributed by atoms with E-state index in [9.17, 15) is 4.79 Å². The molecule has 2 aromatic carbocycles. The Labute approximate surface area is 157 Å². The highest BCUT2D eigenvalue weighted by Gasteiger charge is 2.06. The molecule has 0 aliphatic carbocycles. The monoisotopic (exact) mass is 369 g/mol. The molecule has 0 saturated carbocycles. The average Bonchev–Trinajstić information content (AvgIpc) is 3.05. The van der Waals surface area contributed by atoms with Crippen LogP contribution in [-0.4, -0.2) is 22.0 Å². The predicted octanol–water partition coefficient (Wildman–Crippen LogP) is 3.63. The second kappa shape index (κ2) is 8.54. The summed E-state index contributed by atoms with van der Waals surface area (Å²) in [5.41, 5.74) is 1.69. The molecule has 0 radical (unpaired) electrons. The lowest BCUT2D eigenvalue weighted by Crippen LogP contribution is -2.25. The Morgan fingerprint density at radius 2 is 2.04 bits per heavy atom. The number of aromatic nitrogens is 2. The third kappa shape index (κ3) is 4.86. The molecule has 0 aliphatic rings. The van der Waals surface area contributed by atoms with Crippen molar-refractivity contribution < 1.29 is 9.53 Å². The summed E-state index contributed by atoms with van der Waals surface area (Å²) in [6, 6.07) is 14.7. The van der Waals surface area contributed by atoms with Crippen molar-refractivity contribution in [2.75, 3.05) is 6.54 Å². The number of aryl methyl sites for hydroxylation is 1.